The van der Waals surface area contributed by atoms with Gasteiger partial charge in [0.05, 0.1) is 29.2 Å². The molecule has 1 unspecified atom stereocenters. The minimum atomic E-state index is -0.736. The van der Waals surface area contributed by atoms with Crippen molar-refractivity contribution in [3.8, 4) is 0 Å². The second-order valence-corrected chi connectivity index (χ2v) is 4.76. The van der Waals surface area contributed by atoms with Crippen LogP contribution in [0.15, 0.2) is 18.2 Å². The maximum absolute atomic E-state index is 12.0. The third-order valence-electron chi connectivity index (χ3n) is 3.42. The largest absolute Gasteiger partial charge is 0.465 e. The van der Waals surface area contributed by atoms with Gasteiger partial charge in [-0.15, -0.1) is 0 Å². The molecule has 9 nitrogen and oxygen atoms in total. The van der Waals surface area contributed by atoms with E-state index in [1.165, 1.54) is 6.07 Å². The van der Waals surface area contributed by atoms with Gasteiger partial charge in [0.25, 0.3) is 5.69 Å². The molecule has 0 spiro atoms. The van der Waals surface area contributed by atoms with Crippen molar-refractivity contribution in [1.82, 2.24) is 0 Å². The lowest BCUT2D eigenvalue weighted by Crippen LogP contribution is -2.29. The van der Waals surface area contributed by atoms with Crippen LogP contribution in [-0.2, 0) is 14.3 Å². The van der Waals surface area contributed by atoms with Gasteiger partial charge in [-0.1, -0.05) is 0 Å². The van der Waals surface area contributed by atoms with Gasteiger partial charge in [-0.3, -0.25) is 19.7 Å². The van der Waals surface area contributed by atoms with Crippen molar-refractivity contribution < 1.29 is 24.0 Å². The summed E-state index contributed by atoms with van der Waals surface area (Å²) in [7, 11) is 1.16. The number of non-ortho nitro benzene ring substituents is 1. The maximum atomic E-state index is 12.0. The number of nitrogens with zero attached hydrogens (tertiary/aromatic N) is 2. The van der Waals surface area contributed by atoms with Gasteiger partial charge in [0.15, 0.2) is 0 Å². The van der Waals surface area contributed by atoms with Crippen LogP contribution in [0.3, 0.4) is 0 Å². The quantitative estimate of drug-likeness (QED) is 0.480. The molecule has 9 heteroatoms. The summed E-state index contributed by atoms with van der Waals surface area (Å²) in [5.41, 5.74) is 4.95. The van der Waals surface area contributed by atoms with Crippen molar-refractivity contribution >= 4 is 29.2 Å². The molecular formula is C13H13N3O6. The number of esters is 1. The van der Waals surface area contributed by atoms with E-state index >= 15 is 0 Å². The number of carbonyl (C=O) groups excluding carboxylic acids is 3. The number of methoxy groups -OCH3 is 1. The molecule has 0 aliphatic carbocycles. The molecule has 1 aromatic carbocycles. The van der Waals surface area contributed by atoms with Crippen LogP contribution in [0.5, 0.6) is 0 Å². The molecule has 0 saturated carbocycles. The molecule has 2 N–H and O–H groups in total. The monoisotopic (exact) mass is 307 g/mol. The van der Waals surface area contributed by atoms with Gasteiger partial charge in [0.1, 0.15) is 0 Å². The van der Waals surface area contributed by atoms with Crippen LogP contribution < -0.4 is 10.6 Å². The van der Waals surface area contributed by atoms with E-state index in [1.807, 2.05) is 0 Å². The van der Waals surface area contributed by atoms with E-state index in [0.717, 1.165) is 24.1 Å². The predicted octanol–water partition coefficient (Wildman–Crippen LogP) is 0.220. The third-order valence-corrected chi connectivity index (χ3v) is 3.42. The first-order valence-electron chi connectivity index (χ1n) is 6.31. The van der Waals surface area contributed by atoms with Gasteiger partial charge in [-0.25, -0.2) is 4.79 Å². The Morgan fingerprint density at radius 1 is 1.45 bits per heavy atom. The van der Waals surface area contributed by atoms with Gasteiger partial charge in [0.2, 0.25) is 11.8 Å². The molecular weight excluding hydrogens is 294 g/mol. The highest BCUT2D eigenvalue weighted by Crippen LogP contribution is 2.31. The van der Waals surface area contributed by atoms with Crippen LogP contribution in [-0.4, -0.2) is 36.4 Å². The number of anilines is 1. The first-order valence-corrected chi connectivity index (χ1v) is 6.31. The Morgan fingerprint density at radius 2 is 2.14 bits per heavy atom. The molecule has 0 bridgehead atoms. The molecule has 116 valence electrons. The zero-order valence-electron chi connectivity index (χ0n) is 11.6. The second-order valence-electron chi connectivity index (χ2n) is 4.76. The SMILES string of the molecule is COC(=O)c1ccc([N+](=O)[O-])cc1N1CC(C(N)=O)CC1=O. The number of nitro groups is 1. The molecule has 2 amide bonds. The number of benzene rings is 1. The predicted molar refractivity (Wildman–Crippen MR) is 74.1 cm³/mol. The molecule has 2 rings (SSSR count). The Kier molecular flexibility index (Phi) is 4.06. The summed E-state index contributed by atoms with van der Waals surface area (Å²) in [5, 5.41) is 10.9. The molecule has 1 saturated heterocycles. The number of ether oxygens (including phenoxy) is 1. The number of primary amides is 1. The molecule has 1 atom stereocenters. The first kappa shape index (κ1) is 15.4. The topological polar surface area (TPSA) is 133 Å². The van der Waals surface area contributed by atoms with Gasteiger partial charge in [-0.2, -0.15) is 0 Å². The minimum absolute atomic E-state index is 0.00608. The van der Waals surface area contributed by atoms with E-state index in [0.29, 0.717) is 0 Å². The molecule has 22 heavy (non-hydrogen) atoms. The van der Waals surface area contributed by atoms with Crippen LogP contribution in [0.4, 0.5) is 11.4 Å². The lowest BCUT2D eigenvalue weighted by molar-refractivity contribution is -0.384. The van der Waals surface area contributed by atoms with Crippen LogP contribution in [0.25, 0.3) is 0 Å². The summed E-state index contributed by atoms with van der Waals surface area (Å²) >= 11 is 0. The molecule has 1 fully saturated rings. The average Bonchev–Trinajstić information content (AvgIpc) is 2.87. The Bertz CT molecular complexity index is 672. The Labute approximate surface area is 124 Å². The first-order chi connectivity index (χ1) is 10.3. The van der Waals surface area contributed by atoms with Crippen molar-refractivity contribution in [1.29, 1.82) is 0 Å². The van der Waals surface area contributed by atoms with Crippen LogP contribution in [0.2, 0.25) is 0 Å². The fourth-order valence-corrected chi connectivity index (χ4v) is 2.27. The summed E-state index contributed by atoms with van der Waals surface area (Å²) in [6, 6.07) is 3.46. The smallest absolute Gasteiger partial charge is 0.339 e. The van der Waals surface area contributed by atoms with E-state index in [-0.39, 0.29) is 29.9 Å². The highest BCUT2D eigenvalue weighted by molar-refractivity contribution is 6.06. The molecule has 0 radical (unpaired) electrons. The van der Waals surface area contributed by atoms with E-state index in [9.17, 15) is 24.5 Å². The van der Waals surface area contributed by atoms with Gasteiger partial charge in [0, 0.05) is 25.1 Å². The van der Waals surface area contributed by atoms with Crippen molar-refractivity contribution in [2.24, 2.45) is 11.7 Å². The average molecular weight is 307 g/mol. The molecule has 1 aliphatic rings. The van der Waals surface area contributed by atoms with Gasteiger partial charge < -0.3 is 15.4 Å². The lowest BCUT2D eigenvalue weighted by atomic mass is 10.1. The second kappa shape index (κ2) is 5.80. The zero-order chi connectivity index (χ0) is 16.4. The number of nitro benzene ring substituents is 1. The highest BCUT2D eigenvalue weighted by atomic mass is 16.6. The summed E-state index contributed by atoms with van der Waals surface area (Å²) in [6.45, 7) is -0.0284. The van der Waals surface area contributed by atoms with Crippen molar-refractivity contribution in [3.05, 3.63) is 33.9 Å². The maximum Gasteiger partial charge on any atom is 0.339 e. The van der Waals surface area contributed by atoms with Gasteiger partial charge in [-0.05, 0) is 6.07 Å². The number of rotatable bonds is 4. The number of hydrogen-bond donors (Lipinski definition) is 1. The van der Waals surface area contributed by atoms with Crippen molar-refractivity contribution in [2.75, 3.05) is 18.6 Å². The van der Waals surface area contributed by atoms with Crippen LogP contribution >= 0.6 is 0 Å². The highest BCUT2D eigenvalue weighted by Gasteiger charge is 2.36. The van der Waals surface area contributed by atoms with E-state index in [2.05, 4.69) is 4.74 Å². The Balaban J connectivity index is 2.49. The molecule has 1 aromatic rings. The number of hydrogen-bond acceptors (Lipinski definition) is 6. The zero-order valence-corrected chi connectivity index (χ0v) is 11.6. The van der Waals surface area contributed by atoms with E-state index in [4.69, 9.17) is 5.73 Å². The Hall–Kier alpha value is -2.97. The van der Waals surface area contributed by atoms with Crippen molar-refractivity contribution in [2.45, 2.75) is 6.42 Å². The summed E-state index contributed by atoms with van der Waals surface area (Å²) in [4.78, 5) is 46.4. The van der Waals surface area contributed by atoms with Crippen LogP contribution in [0, 0.1) is 16.0 Å². The third kappa shape index (κ3) is 2.73. The minimum Gasteiger partial charge on any atom is -0.465 e. The fourth-order valence-electron chi connectivity index (χ4n) is 2.27. The lowest BCUT2D eigenvalue weighted by Gasteiger charge is -2.19. The Morgan fingerprint density at radius 3 is 2.64 bits per heavy atom. The molecule has 1 heterocycles. The number of amides is 2. The molecule has 0 aromatic heterocycles. The molecule has 1 aliphatic heterocycles. The van der Waals surface area contributed by atoms with Gasteiger partial charge >= 0.3 is 5.97 Å². The van der Waals surface area contributed by atoms with E-state index < -0.39 is 28.6 Å². The summed E-state index contributed by atoms with van der Waals surface area (Å²) in [6.07, 6.45) is -0.0986. The summed E-state index contributed by atoms with van der Waals surface area (Å²) < 4.78 is 4.61. The number of nitrogens with two attached hydrogens (primary N) is 1. The fraction of sp³-hybridized carbons (Fsp3) is 0.308. The standard InChI is InChI=1S/C13H13N3O6/c1-22-13(19)9-3-2-8(16(20)21)5-10(9)15-6-7(12(14)18)4-11(15)17/h2-3,5,7H,4,6H2,1H3,(H2,14,18). The van der Waals surface area contributed by atoms with Crippen LogP contribution in [0.1, 0.15) is 16.8 Å². The summed E-state index contributed by atoms with van der Waals surface area (Å²) in [5.74, 6) is -2.51. The number of carbonyl (C=O) groups is 3. The normalized spacial score (nSPS) is 17.4. The van der Waals surface area contributed by atoms with E-state index in [1.54, 1.807) is 0 Å². The van der Waals surface area contributed by atoms with Crippen molar-refractivity contribution in [3.63, 3.8) is 0 Å².